The maximum Gasteiger partial charge on any atom is 0.219 e. The van der Waals surface area contributed by atoms with Gasteiger partial charge in [0.15, 0.2) is 11.6 Å². The molecule has 0 unspecified atom stereocenters. The Morgan fingerprint density at radius 3 is 2.57 bits per heavy atom. The van der Waals surface area contributed by atoms with Crippen molar-refractivity contribution >= 4 is 15.9 Å². The van der Waals surface area contributed by atoms with E-state index in [0.717, 1.165) is 5.69 Å². The highest BCUT2D eigenvalue weighted by molar-refractivity contribution is 9.10. The van der Waals surface area contributed by atoms with Gasteiger partial charge in [-0.15, -0.1) is 0 Å². The van der Waals surface area contributed by atoms with Crippen molar-refractivity contribution in [2.45, 2.75) is 32.8 Å². The van der Waals surface area contributed by atoms with Gasteiger partial charge < -0.3 is 9.84 Å². The van der Waals surface area contributed by atoms with Gasteiger partial charge in [0, 0.05) is 16.0 Å². The van der Waals surface area contributed by atoms with Crippen molar-refractivity contribution in [1.82, 2.24) is 4.98 Å². The molecule has 0 atom stereocenters. The van der Waals surface area contributed by atoms with E-state index in [1.165, 1.54) is 6.07 Å². The molecule has 0 amide bonds. The summed E-state index contributed by atoms with van der Waals surface area (Å²) >= 11 is 3.28. The molecule has 0 saturated heterocycles. The van der Waals surface area contributed by atoms with Gasteiger partial charge in [-0.1, -0.05) is 36.7 Å². The SMILES string of the molecule is CC(C)(C)c1cc(CO)cc(Oc2cc(Br)ccc2F)n1. The molecular weight excluding hydrogens is 337 g/mol. The quantitative estimate of drug-likeness (QED) is 0.878. The molecule has 3 nitrogen and oxygen atoms in total. The molecule has 2 aromatic rings. The molecule has 0 spiro atoms. The summed E-state index contributed by atoms with van der Waals surface area (Å²) < 4.78 is 20.0. The van der Waals surface area contributed by atoms with Gasteiger partial charge in [-0.2, -0.15) is 0 Å². The fourth-order valence-electron chi connectivity index (χ4n) is 1.75. The zero-order chi connectivity index (χ0) is 15.6. The van der Waals surface area contributed by atoms with Crippen molar-refractivity contribution < 1.29 is 14.2 Å². The van der Waals surface area contributed by atoms with Crippen LogP contribution in [-0.2, 0) is 12.0 Å². The smallest absolute Gasteiger partial charge is 0.219 e. The van der Waals surface area contributed by atoms with Crippen LogP contribution in [0.15, 0.2) is 34.8 Å². The largest absolute Gasteiger partial charge is 0.436 e. The van der Waals surface area contributed by atoms with E-state index in [1.807, 2.05) is 26.8 Å². The van der Waals surface area contributed by atoms with E-state index in [2.05, 4.69) is 20.9 Å². The Morgan fingerprint density at radius 2 is 1.95 bits per heavy atom. The van der Waals surface area contributed by atoms with E-state index in [0.29, 0.717) is 10.0 Å². The van der Waals surface area contributed by atoms with Gasteiger partial charge in [0.2, 0.25) is 5.88 Å². The number of hydrogen-bond acceptors (Lipinski definition) is 3. The topological polar surface area (TPSA) is 42.4 Å². The minimum atomic E-state index is -0.466. The number of rotatable bonds is 3. The maximum atomic E-state index is 13.7. The number of nitrogens with zero attached hydrogens (tertiary/aromatic N) is 1. The summed E-state index contributed by atoms with van der Waals surface area (Å²) in [4.78, 5) is 4.40. The van der Waals surface area contributed by atoms with E-state index < -0.39 is 5.82 Å². The van der Waals surface area contributed by atoms with Crippen LogP contribution >= 0.6 is 15.9 Å². The number of benzene rings is 1. The zero-order valence-electron chi connectivity index (χ0n) is 12.2. The first-order chi connectivity index (χ1) is 9.79. The van der Waals surface area contributed by atoms with Crippen LogP contribution in [0.3, 0.4) is 0 Å². The molecule has 1 aromatic heterocycles. The van der Waals surface area contributed by atoms with E-state index in [4.69, 9.17) is 4.74 Å². The second kappa shape index (κ2) is 6.12. The Balaban J connectivity index is 2.42. The number of hydrogen-bond donors (Lipinski definition) is 1. The summed E-state index contributed by atoms with van der Waals surface area (Å²) in [5, 5.41) is 9.35. The van der Waals surface area contributed by atoms with Crippen LogP contribution in [0.2, 0.25) is 0 Å². The standard InChI is InChI=1S/C16H17BrFNO2/c1-16(2,3)14-6-10(9-20)7-15(19-14)21-13-8-11(17)4-5-12(13)18/h4-8,20H,9H2,1-3H3. The highest BCUT2D eigenvalue weighted by Crippen LogP contribution is 2.29. The Morgan fingerprint density at radius 1 is 1.24 bits per heavy atom. The molecule has 1 aromatic carbocycles. The third-order valence-electron chi connectivity index (χ3n) is 2.92. The second-order valence-electron chi connectivity index (χ2n) is 5.78. The lowest BCUT2D eigenvalue weighted by molar-refractivity contribution is 0.280. The number of aliphatic hydroxyl groups excluding tert-OH is 1. The average Bonchev–Trinajstić information content (AvgIpc) is 2.41. The van der Waals surface area contributed by atoms with Crippen LogP contribution in [0.4, 0.5) is 4.39 Å². The van der Waals surface area contributed by atoms with Crippen LogP contribution in [-0.4, -0.2) is 10.1 Å². The molecule has 1 heterocycles. The second-order valence-corrected chi connectivity index (χ2v) is 6.70. The normalized spacial score (nSPS) is 11.5. The predicted octanol–water partition coefficient (Wildman–Crippen LogP) is 4.57. The molecule has 0 aliphatic heterocycles. The van der Waals surface area contributed by atoms with Crippen LogP contribution < -0.4 is 4.74 Å². The third-order valence-corrected chi connectivity index (χ3v) is 3.41. The lowest BCUT2D eigenvalue weighted by atomic mass is 9.91. The van der Waals surface area contributed by atoms with E-state index in [1.54, 1.807) is 18.2 Å². The third kappa shape index (κ3) is 4.02. The summed E-state index contributed by atoms with van der Waals surface area (Å²) in [6.07, 6.45) is 0. The predicted molar refractivity (Wildman–Crippen MR) is 83.0 cm³/mol. The van der Waals surface area contributed by atoms with Gasteiger partial charge in [-0.3, -0.25) is 0 Å². The van der Waals surface area contributed by atoms with Gasteiger partial charge in [-0.25, -0.2) is 9.37 Å². The van der Waals surface area contributed by atoms with E-state index in [-0.39, 0.29) is 23.7 Å². The van der Waals surface area contributed by atoms with Crippen LogP contribution in [0.1, 0.15) is 32.0 Å². The molecule has 2 rings (SSSR count). The van der Waals surface area contributed by atoms with E-state index >= 15 is 0 Å². The van der Waals surface area contributed by atoms with Crippen LogP contribution in [0.5, 0.6) is 11.6 Å². The number of halogens is 2. The molecule has 0 radical (unpaired) electrons. The first kappa shape index (κ1) is 15.9. The summed E-state index contributed by atoms with van der Waals surface area (Å²) in [5.74, 6) is -0.109. The molecule has 0 aliphatic rings. The molecule has 0 bridgehead atoms. The van der Waals surface area contributed by atoms with Crippen LogP contribution in [0.25, 0.3) is 0 Å². The first-order valence-corrected chi connectivity index (χ1v) is 7.34. The number of ether oxygens (including phenoxy) is 1. The molecule has 112 valence electrons. The molecule has 1 N–H and O–H groups in total. The number of aliphatic hydroxyl groups is 1. The Kier molecular flexibility index (Phi) is 4.64. The molecule has 5 heteroatoms. The summed E-state index contributed by atoms with van der Waals surface area (Å²) in [5.41, 5.74) is 1.26. The maximum absolute atomic E-state index is 13.7. The lowest BCUT2D eigenvalue weighted by Crippen LogP contribution is -2.14. The molecular formula is C16H17BrFNO2. The van der Waals surface area contributed by atoms with Crippen molar-refractivity contribution in [1.29, 1.82) is 0 Å². The van der Waals surface area contributed by atoms with Gasteiger partial charge in [-0.05, 0) is 29.8 Å². The fraction of sp³-hybridized carbons (Fsp3) is 0.312. The summed E-state index contributed by atoms with van der Waals surface area (Å²) in [6, 6.07) is 7.89. The van der Waals surface area contributed by atoms with Crippen molar-refractivity contribution in [2.24, 2.45) is 0 Å². The number of pyridine rings is 1. The van der Waals surface area contributed by atoms with Gasteiger partial charge in [0.25, 0.3) is 0 Å². The fourth-order valence-corrected chi connectivity index (χ4v) is 2.10. The molecule has 0 fully saturated rings. The monoisotopic (exact) mass is 353 g/mol. The average molecular weight is 354 g/mol. The Bertz CT molecular complexity index is 653. The molecule has 0 saturated carbocycles. The van der Waals surface area contributed by atoms with Gasteiger partial charge in [0.1, 0.15) is 0 Å². The van der Waals surface area contributed by atoms with Crippen molar-refractivity contribution in [3.8, 4) is 11.6 Å². The lowest BCUT2D eigenvalue weighted by Gasteiger charge is -2.19. The molecule has 21 heavy (non-hydrogen) atoms. The highest BCUT2D eigenvalue weighted by atomic mass is 79.9. The number of aromatic nitrogens is 1. The van der Waals surface area contributed by atoms with Crippen molar-refractivity contribution in [3.63, 3.8) is 0 Å². The zero-order valence-corrected chi connectivity index (χ0v) is 13.7. The van der Waals surface area contributed by atoms with E-state index in [9.17, 15) is 9.50 Å². The van der Waals surface area contributed by atoms with Gasteiger partial charge in [0.05, 0.1) is 12.3 Å². The Labute approximate surface area is 131 Å². The summed E-state index contributed by atoms with van der Waals surface area (Å²) in [6.45, 7) is 5.92. The summed E-state index contributed by atoms with van der Waals surface area (Å²) in [7, 11) is 0. The van der Waals surface area contributed by atoms with Gasteiger partial charge >= 0.3 is 0 Å². The Hall–Kier alpha value is -1.46. The van der Waals surface area contributed by atoms with Crippen LogP contribution in [0, 0.1) is 5.82 Å². The highest BCUT2D eigenvalue weighted by Gasteiger charge is 2.18. The minimum Gasteiger partial charge on any atom is -0.436 e. The first-order valence-electron chi connectivity index (χ1n) is 6.55. The molecule has 0 aliphatic carbocycles. The minimum absolute atomic E-state index is 0.0897. The van der Waals surface area contributed by atoms with Crippen molar-refractivity contribution in [2.75, 3.05) is 0 Å². The van der Waals surface area contributed by atoms with Crippen molar-refractivity contribution in [3.05, 3.63) is 51.9 Å².